The SMILES string of the molecule is CC(C)c1ccccc1[C@@H]1CCCN1C1CC2(CCN(c3ccc(C(=O)NS(=O)(=O)c4cc5c(c([N+](=O)[O-])c4)N[C@@H]([C@H]4CC[C@](C)(O)CC4)CO5)c(Oc4cc5cc[nH]c5nc4OC[C@H]4CCN4)c3)CC2)C1. The fourth-order valence-electron chi connectivity index (χ4n) is 12.3. The maximum atomic E-state index is 14.4. The summed E-state index contributed by atoms with van der Waals surface area (Å²) >= 11 is 0. The van der Waals surface area contributed by atoms with E-state index in [1.54, 1.807) is 24.4 Å². The Hall–Kier alpha value is -5.95. The van der Waals surface area contributed by atoms with E-state index in [0.717, 1.165) is 62.6 Å². The van der Waals surface area contributed by atoms with Gasteiger partial charge in [0, 0.05) is 66.7 Å². The van der Waals surface area contributed by atoms with Crippen LogP contribution in [0, 0.1) is 21.4 Å². The second-order valence-electron chi connectivity index (χ2n) is 21.9. The first-order valence-corrected chi connectivity index (χ1v) is 27.4. The molecule has 1 spiro atoms. The van der Waals surface area contributed by atoms with Gasteiger partial charge in [-0.15, -0.1) is 0 Å². The van der Waals surface area contributed by atoms with Gasteiger partial charge in [-0.2, -0.15) is 4.98 Å². The fourth-order valence-corrected chi connectivity index (χ4v) is 13.3. The van der Waals surface area contributed by atoms with E-state index in [0.29, 0.717) is 55.9 Å². The number of aromatic amines is 1. The second-order valence-corrected chi connectivity index (χ2v) is 23.6. The lowest BCUT2D eigenvalue weighted by Gasteiger charge is -2.56. The minimum atomic E-state index is -4.71. The van der Waals surface area contributed by atoms with Gasteiger partial charge in [0.2, 0.25) is 0 Å². The summed E-state index contributed by atoms with van der Waals surface area (Å²) in [5, 5.41) is 30.3. The van der Waals surface area contributed by atoms with Crippen molar-refractivity contribution in [3.05, 3.63) is 99.7 Å². The molecule has 0 radical (unpaired) electrons. The third-order valence-corrected chi connectivity index (χ3v) is 18.0. The normalized spacial score (nSPS) is 25.3. The predicted octanol–water partition coefficient (Wildman–Crippen LogP) is 8.95. The van der Waals surface area contributed by atoms with Crippen molar-refractivity contribution < 1.29 is 37.5 Å². The number of H-pyrrole nitrogens is 1. The molecule has 6 heterocycles. The molecule has 5 N–H and O–H groups in total. The lowest BCUT2D eigenvalue weighted by molar-refractivity contribution is -0.384. The molecule has 5 fully saturated rings. The number of sulfonamides is 1. The van der Waals surface area contributed by atoms with Crippen LogP contribution in [0.4, 0.5) is 17.1 Å². The van der Waals surface area contributed by atoms with Crippen LogP contribution in [0.2, 0.25) is 0 Å². The molecule has 1 amide bonds. The zero-order valence-corrected chi connectivity index (χ0v) is 42.1. The molecule has 0 unspecified atom stereocenters. The number of likely N-dealkylation sites (tertiary alicyclic amines) is 1. The molecule has 6 aliphatic rings. The molecule has 2 saturated carbocycles. The Bertz CT molecular complexity index is 2970. The number of nitro groups is 1. The molecule has 3 aromatic carbocycles. The van der Waals surface area contributed by atoms with E-state index in [-0.39, 0.29) is 64.4 Å². The summed E-state index contributed by atoms with van der Waals surface area (Å²) in [7, 11) is -4.71. The highest BCUT2D eigenvalue weighted by Crippen LogP contribution is 2.54. The van der Waals surface area contributed by atoms with Crippen molar-refractivity contribution in [2.24, 2.45) is 11.3 Å². The Morgan fingerprint density at radius 1 is 1.00 bits per heavy atom. The van der Waals surface area contributed by atoms with Crippen molar-refractivity contribution in [1.29, 1.82) is 0 Å². The fraction of sp³-hybridized carbons (Fsp3) is 0.519. The van der Waals surface area contributed by atoms with Crippen LogP contribution < -0.4 is 34.5 Å². The molecule has 17 nitrogen and oxygen atoms in total. The number of piperidine rings is 1. The number of hydrogen-bond acceptors (Lipinski definition) is 14. The molecule has 4 aliphatic heterocycles. The van der Waals surface area contributed by atoms with Crippen molar-refractivity contribution in [3.8, 4) is 23.1 Å². The summed E-state index contributed by atoms with van der Waals surface area (Å²) in [5.41, 5.74) is 3.38. The highest BCUT2D eigenvalue weighted by atomic mass is 32.2. The Balaban J connectivity index is 0.838. The van der Waals surface area contributed by atoms with Gasteiger partial charge in [-0.3, -0.25) is 19.8 Å². The maximum absolute atomic E-state index is 14.4. The van der Waals surface area contributed by atoms with E-state index in [1.807, 2.05) is 19.1 Å². The summed E-state index contributed by atoms with van der Waals surface area (Å²) in [6.45, 7) is 10.5. The average molecular weight is 1000 g/mol. The summed E-state index contributed by atoms with van der Waals surface area (Å²) < 4.78 is 49.4. The average Bonchev–Trinajstić information content (AvgIpc) is 4.02. The van der Waals surface area contributed by atoms with Crippen molar-refractivity contribution >= 4 is 44.0 Å². The van der Waals surface area contributed by atoms with E-state index in [4.69, 9.17) is 19.2 Å². The van der Waals surface area contributed by atoms with Crippen molar-refractivity contribution in [1.82, 2.24) is 24.9 Å². The second kappa shape index (κ2) is 19.1. The first-order valence-electron chi connectivity index (χ1n) is 25.9. The van der Waals surface area contributed by atoms with Crippen molar-refractivity contribution in [2.45, 2.75) is 132 Å². The molecule has 18 heteroatoms. The topological polar surface area (TPSA) is 214 Å². The highest BCUT2D eigenvalue weighted by molar-refractivity contribution is 7.90. The number of fused-ring (bicyclic) bond motifs is 2. The van der Waals surface area contributed by atoms with E-state index in [1.165, 1.54) is 42.9 Å². The first-order chi connectivity index (χ1) is 34.6. The smallest absolute Gasteiger partial charge is 0.297 e. The number of aromatic nitrogens is 2. The predicted molar refractivity (Wildman–Crippen MR) is 274 cm³/mol. The molecule has 5 aromatic rings. The molecule has 2 aliphatic carbocycles. The molecule has 72 heavy (non-hydrogen) atoms. The Labute approximate surface area is 420 Å². The van der Waals surface area contributed by atoms with Gasteiger partial charge in [0.15, 0.2) is 17.2 Å². The number of rotatable bonds is 14. The van der Waals surface area contributed by atoms with Gasteiger partial charge < -0.3 is 39.8 Å². The maximum Gasteiger partial charge on any atom is 0.297 e. The Morgan fingerprint density at radius 3 is 2.51 bits per heavy atom. The van der Waals surface area contributed by atoms with Crippen LogP contribution in [0.3, 0.4) is 0 Å². The molecular formula is C54H66N8O9S. The van der Waals surface area contributed by atoms with Gasteiger partial charge in [0.25, 0.3) is 27.5 Å². The highest BCUT2D eigenvalue weighted by Gasteiger charge is 2.50. The number of carbonyl (C=O) groups is 1. The minimum Gasteiger partial charge on any atom is -0.489 e. The summed E-state index contributed by atoms with van der Waals surface area (Å²) in [4.78, 5) is 38.7. The molecule has 0 bridgehead atoms. The van der Waals surface area contributed by atoms with E-state index in [9.17, 15) is 28.4 Å². The van der Waals surface area contributed by atoms with Gasteiger partial charge in [0.05, 0.1) is 27.0 Å². The van der Waals surface area contributed by atoms with Gasteiger partial charge >= 0.3 is 0 Å². The van der Waals surface area contributed by atoms with Crippen LogP contribution >= 0.6 is 0 Å². The number of anilines is 2. The third-order valence-electron chi connectivity index (χ3n) is 16.7. The third kappa shape index (κ3) is 9.58. The van der Waals surface area contributed by atoms with Crippen molar-refractivity contribution in [2.75, 3.05) is 49.6 Å². The lowest BCUT2D eigenvalue weighted by Crippen LogP contribution is -2.54. The molecule has 11 rings (SSSR count). The largest absolute Gasteiger partial charge is 0.489 e. The van der Waals surface area contributed by atoms with E-state index < -0.39 is 37.0 Å². The van der Waals surface area contributed by atoms with Crippen LogP contribution in [0.25, 0.3) is 11.0 Å². The van der Waals surface area contributed by atoms with Gasteiger partial charge in [-0.05, 0) is 143 Å². The van der Waals surface area contributed by atoms with Crippen LogP contribution in [0.1, 0.15) is 125 Å². The van der Waals surface area contributed by atoms with Gasteiger partial charge in [0.1, 0.15) is 24.6 Å². The number of benzene rings is 3. The number of aliphatic hydroxyl groups is 1. The van der Waals surface area contributed by atoms with Crippen LogP contribution in [-0.2, 0) is 10.0 Å². The zero-order valence-electron chi connectivity index (χ0n) is 41.3. The van der Waals surface area contributed by atoms with Gasteiger partial charge in [-0.1, -0.05) is 38.1 Å². The lowest BCUT2D eigenvalue weighted by atomic mass is 9.59. The number of hydrogen-bond donors (Lipinski definition) is 5. The van der Waals surface area contributed by atoms with E-state index in [2.05, 4.69) is 68.3 Å². The van der Waals surface area contributed by atoms with Crippen molar-refractivity contribution in [3.63, 3.8) is 0 Å². The number of pyridine rings is 1. The molecule has 382 valence electrons. The standard InChI is InChI=1S/C54H66N8O9S/c1-33(2)40-7-4-5-8-41(40)44-9-6-22-61(44)38-29-54(30-38)18-23-60(24-19-54)37-10-11-42(46(26-37)71-48-25-35-14-20-56-50(35)58-52(48)70-31-36-15-21-55-36)51(63)59-72(67,68)39-27-45(62(65)66)49-47(28-39)69-32-43(57-49)34-12-16-53(3,64)17-13-34/h4-5,7-8,10-11,14,20,25-28,33-34,36,38,43-44,55,57,64H,6,9,12-13,15-19,21-24,29-32H2,1-3H3,(H,56,58)(H,59,63)/t34-,36-,43-,44+,53-/m1/s1. The van der Waals surface area contributed by atoms with Crippen LogP contribution in [0.15, 0.2) is 77.8 Å². The van der Waals surface area contributed by atoms with Crippen LogP contribution in [0.5, 0.6) is 23.1 Å². The number of nitro benzene ring substituents is 1. The van der Waals surface area contributed by atoms with Gasteiger partial charge in [-0.25, -0.2) is 13.1 Å². The van der Waals surface area contributed by atoms with E-state index >= 15 is 0 Å². The molecule has 2 aromatic heterocycles. The quantitative estimate of drug-likeness (QED) is 0.0519. The summed E-state index contributed by atoms with van der Waals surface area (Å²) in [6.07, 6.45) is 12.1. The summed E-state index contributed by atoms with van der Waals surface area (Å²) in [5.74, 6) is 0.133. The number of carbonyl (C=O) groups excluding carboxylic acids is 1. The Kier molecular flexibility index (Phi) is 12.9. The first kappa shape index (κ1) is 48.3. The molecule has 3 atom stereocenters. The number of amides is 1. The monoisotopic (exact) mass is 1000 g/mol. The zero-order chi connectivity index (χ0) is 49.9. The van der Waals surface area contributed by atoms with Crippen LogP contribution in [-0.4, -0.2) is 102 Å². The summed E-state index contributed by atoms with van der Waals surface area (Å²) in [6, 6.07) is 20.8. The minimum absolute atomic E-state index is 0.00452. The Morgan fingerprint density at radius 2 is 1.78 bits per heavy atom. The number of nitrogens with one attached hydrogen (secondary N) is 4. The number of nitrogens with zero attached hydrogens (tertiary/aromatic N) is 4. The molecule has 3 saturated heterocycles. The molecular weight excluding hydrogens is 937 g/mol. The number of ether oxygens (including phenoxy) is 3.